The lowest BCUT2D eigenvalue weighted by molar-refractivity contribution is -0.117. The van der Waals surface area contributed by atoms with Gasteiger partial charge < -0.3 is 0 Å². The molecule has 1 unspecified atom stereocenters. The quantitative estimate of drug-likeness (QED) is 0.520. The minimum Gasteiger partial charge on any atom is -0.282 e. The summed E-state index contributed by atoms with van der Waals surface area (Å²) in [5.41, 5.74) is 0.973. The number of anilines is 1. The zero-order valence-corrected chi connectivity index (χ0v) is 16.1. The second-order valence-electron chi connectivity index (χ2n) is 6.45. The molecule has 4 rings (SSSR count). The van der Waals surface area contributed by atoms with Crippen LogP contribution in [0.2, 0.25) is 0 Å². The van der Waals surface area contributed by atoms with Gasteiger partial charge in [0.2, 0.25) is 0 Å². The van der Waals surface area contributed by atoms with Crippen LogP contribution in [0.15, 0.2) is 87.0 Å². The van der Waals surface area contributed by atoms with Gasteiger partial charge in [0.1, 0.15) is 10.6 Å². The largest absolute Gasteiger partial charge is 0.297 e. The Bertz CT molecular complexity index is 1270. The lowest BCUT2D eigenvalue weighted by Crippen LogP contribution is -2.29. The van der Waals surface area contributed by atoms with Crippen LogP contribution >= 0.6 is 0 Å². The molecule has 0 bridgehead atoms. The van der Waals surface area contributed by atoms with E-state index in [-0.39, 0.29) is 10.6 Å². The fraction of sp³-hybridized carbons (Fsp3) is 0.100. The first-order chi connectivity index (χ1) is 13.9. The molecule has 0 saturated carbocycles. The molecule has 0 radical (unpaired) electrons. The van der Waals surface area contributed by atoms with E-state index in [1.807, 2.05) is 6.07 Å². The fourth-order valence-electron chi connectivity index (χ4n) is 3.14. The summed E-state index contributed by atoms with van der Waals surface area (Å²) in [6.45, 7) is 1.65. The van der Waals surface area contributed by atoms with Gasteiger partial charge in [0.05, 0.1) is 11.4 Å². The van der Waals surface area contributed by atoms with E-state index in [1.54, 1.807) is 61.5 Å². The van der Waals surface area contributed by atoms with Crippen molar-refractivity contribution in [3.05, 3.63) is 66.7 Å². The third-order valence-electron chi connectivity index (χ3n) is 4.49. The SMILES string of the molecule is CC1=NN(c2ccccc2)C(=O)C1N=Nc1ccc2ccccc2c1S(=O)(=O)O. The number of carbonyl (C=O) groups is 1. The lowest BCUT2D eigenvalue weighted by Gasteiger charge is -2.12. The van der Waals surface area contributed by atoms with Crippen LogP contribution in [-0.2, 0) is 14.9 Å². The normalized spacial score (nSPS) is 17.3. The highest BCUT2D eigenvalue weighted by Crippen LogP contribution is 2.33. The summed E-state index contributed by atoms with van der Waals surface area (Å²) < 4.78 is 33.7. The number of azo groups is 1. The molecule has 3 aromatic rings. The van der Waals surface area contributed by atoms with Crippen LogP contribution in [0.25, 0.3) is 10.8 Å². The molecule has 1 aliphatic rings. The van der Waals surface area contributed by atoms with Gasteiger partial charge >= 0.3 is 0 Å². The molecule has 0 aromatic heterocycles. The van der Waals surface area contributed by atoms with Crippen LogP contribution in [0.5, 0.6) is 0 Å². The summed E-state index contributed by atoms with van der Waals surface area (Å²) in [6, 6.07) is 17.7. The molecule has 0 saturated heterocycles. The molecule has 1 N–H and O–H groups in total. The Morgan fingerprint density at radius 2 is 1.69 bits per heavy atom. The van der Waals surface area contributed by atoms with E-state index < -0.39 is 22.1 Å². The molecule has 1 heterocycles. The summed E-state index contributed by atoms with van der Waals surface area (Å²) in [6.07, 6.45) is 0. The zero-order valence-electron chi connectivity index (χ0n) is 15.3. The average molecular weight is 408 g/mol. The van der Waals surface area contributed by atoms with Crippen LogP contribution in [0.3, 0.4) is 0 Å². The Balaban J connectivity index is 1.73. The van der Waals surface area contributed by atoms with E-state index in [2.05, 4.69) is 15.3 Å². The molecule has 0 spiro atoms. The minimum absolute atomic E-state index is 0.0510. The zero-order chi connectivity index (χ0) is 20.6. The topological polar surface area (TPSA) is 112 Å². The minimum atomic E-state index is -4.57. The number of para-hydroxylation sites is 1. The number of hydrazone groups is 1. The van der Waals surface area contributed by atoms with Gasteiger partial charge in [-0.15, -0.1) is 0 Å². The highest BCUT2D eigenvalue weighted by Gasteiger charge is 2.34. The van der Waals surface area contributed by atoms with Crippen molar-refractivity contribution in [1.29, 1.82) is 0 Å². The number of amides is 1. The van der Waals surface area contributed by atoms with Gasteiger partial charge in [0.25, 0.3) is 16.0 Å². The van der Waals surface area contributed by atoms with E-state index in [0.29, 0.717) is 22.2 Å². The summed E-state index contributed by atoms with van der Waals surface area (Å²) in [7, 11) is -4.57. The van der Waals surface area contributed by atoms with Gasteiger partial charge in [-0.2, -0.15) is 28.8 Å². The van der Waals surface area contributed by atoms with Crippen LogP contribution in [0.1, 0.15) is 6.92 Å². The Morgan fingerprint density at radius 1 is 1.00 bits per heavy atom. The van der Waals surface area contributed by atoms with Crippen molar-refractivity contribution < 1.29 is 17.8 Å². The van der Waals surface area contributed by atoms with E-state index >= 15 is 0 Å². The van der Waals surface area contributed by atoms with Crippen LogP contribution in [0, 0.1) is 0 Å². The lowest BCUT2D eigenvalue weighted by atomic mass is 10.1. The molecule has 9 heteroatoms. The van der Waals surface area contributed by atoms with Crippen molar-refractivity contribution in [2.75, 3.05) is 5.01 Å². The third kappa shape index (κ3) is 3.53. The maximum Gasteiger partial charge on any atom is 0.297 e. The van der Waals surface area contributed by atoms with E-state index in [0.717, 1.165) is 0 Å². The predicted molar refractivity (Wildman–Crippen MR) is 109 cm³/mol. The van der Waals surface area contributed by atoms with Crippen molar-refractivity contribution in [2.24, 2.45) is 15.3 Å². The smallest absolute Gasteiger partial charge is 0.282 e. The van der Waals surface area contributed by atoms with Gasteiger partial charge in [-0.25, -0.2) is 0 Å². The predicted octanol–water partition coefficient (Wildman–Crippen LogP) is 3.96. The Morgan fingerprint density at radius 3 is 2.41 bits per heavy atom. The third-order valence-corrected chi connectivity index (χ3v) is 5.44. The van der Waals surface area contributed by atoms with E-state index in [4.69, 9.17) is 0 Å². The van der Waals surface area contributed by atoms with Crippen molar-refractivity contribution in [3.8, 4) is 0 Å². The maximum atomic E-state index is 12.7. The first kappa shape index (κ1) is 18.9. The van der Waals surface area contributed by atoms with E-state index in [1.165, 1.54) is 11.1 Å². The maximum absolute atomic E-state index is 12.7. The molecule has 1 atom stereocenters. The van der Waals surface area contributed by atoms with Crippen molar-refractivity contribution >= 4 is 43.9 Å². The highest BCUT2D eigenvalue weighted by molar-refractivity contribution is 7.86. The average Bonchev–Trinajstić information content (AvgIpc) is 2.99. The van der Waals surface area contributed by atoms with Crippen molar-refractivity contribution in [2.45, 2.75) is 17.9 Å². The highest BCUT2D eigenvalue weighted by atomic mass is 32.2. The Kier molecular flexibility index (Phi) is 4.69. The Hall–Kier alpha value is -3.43. The number of hydrogen-bond acceptors (Lipinski definition) is 6. The standard InChI is InChI=1S/C20H16N4O4S/c1-13-18(20(25)24(23-13)15-8-3-2-4-9-15)22-21-17-12-11-14-7-5-6-10-16(14)19(17)29(26,27)28/h2-12,18H,1H3,(H,26,27,28). The number of nitrogens with zero attached hydrogens (tertiary/aromatic N) is 4. The summed E-state index contributed by atoms with van der Waals surface area (Å²) in [5, 5.41) is 14.5. The number of benzene rings is 3. The van der Waals surface area contributed by atoms with Gasteiger partial charge in [0.15, 0.2) is 6.04 Å². The molecule has 8 nitrogen and oxygen atoms in total. The van der Waals surface area contributed by atoms with Crippen molar-refractivity contribution in [3.63, 3.8) is 0 Å². The molecule has 29 heavy (non-hydrogen) atoms. The fourth-order valence-corrected chi connectivity index (χ4v) is 3.98. The molecular formula is C20H16N4O4S. The molecule has 146 valence electrons. The molecule has 1 aliphatic heterocycles. The number of carbonyl (C=O) groups excluding carboxylic acids is 1. The molecular weight excluding hydrogens is 392 g/mol. The molecule has 1 amide bonds. The van der Waals surface area contributed by atoms with E-state index in [9.17, 15) is 17.8 Å². The Labute approximate surface area is 166 Å². The summed E-state index contributed by atoms with van der Waals surface area (Å²) in [4.78, 5) is 12.4. The van der Waals surface area contributed by atoms with Gasteiger partial charge in [-0.05, 0) is 30.5 Å². The second kappa shape index (κ2) is 7.19. The first-order valence-corrected chi connectivity index (χ1v) is 10.1. The number of fused-ring (bicyclic) bond motifs is 1. The van der Waals surface area contributed by atoms with Crippen LogP contribution in [0.4, 0.5) is 11.4 Å². The van der Waals surface area contributed by atoms with Crippen LogP contribution < -0.4 is 5.01 Å². The van der Waals surface area contributed by atoms with Crippen molar-refractivity contribution in [1.82, 2.24) is 0 Å². The van der Waals surface area contributed by atoms with Crippen LogP contribution in [-0.4, -0.2) is 30.6 Å². The summed E-state index contributed by atoms with van der Waals surface area (Å²) >= 11 is 0. The number of rotatable bonds is 4. The van der Waals surface area contributed by atoms with Gasteiger partial charge in [-0.1, -0.05) is 48.5 Å². The van der Waals surface area contributed by atoms with Gasteiger partial charge in [0, 0.05) is 5.39 Å². The monoisotopic (exact) mass is 408 g/mol. The molecule has 0 fully saturated rings. The molecule has 3 aromatic carbocycles. The second-order valence-corrected chi connectivity index (χ2v) is 7.81. The van der Waals surface area contributed by atoms with Gasteiger partial charge in [-0.3, -0.25) is 9.35 Å². The molecule has 0 aliphatic carbocycles. The number of hydrogen-bond donors (Lipinski definition) is 1. The first-order valence-electron chi connectivity index (χ1n) is 8.70. The summed E-state index contributed by atoms with van der Waals surface area (Å²) in [5.74, 6) is -0.397.